The second-order valence-corrected chi connectivity index (χ2v) is 6.41. The monoisotopic (exact) mass is 291 g/mol. The predicted molar refractivity (Wildman–Crippen MR) is 72.9 cm³/mol. The molecule has 1 N–H and O–H groups in total. The molecule has 0 bridgehead atoms. The first kappa shape index (κ1) is 15.4. The summed E-state index contributed by atoms with van der Waals surface area (Å²) in [6.07, 6.45) is 0.578. The van der Waals surface area contributed by atoms with Crippen molar-refractivity contribution in [3.05, 3.63) is 29.3 Å². The molecule has 0 saturated heterocycles. The summed E-state index contributed by atoms with van der Waals surface area (Å²) in [5.74, 6) is 0.134. The van der Waals surface area contributed by atoms with Gasteiger partial charge in [-0.15, -0.1) is 0 Å². The van der Waals surface area contributed by atoms with Gasteiger partial charge in [-0.2, -0.15) is 0 Å². The van der Waals surface area contributed by atoms with E-state index in [2.05, 4.69) is 5.32 Å². The molecular weight excluding hydrogens is 274 g/mol. The summed E-state index contributed by atoms with van der Waals surface area (Å²) in [5, 5.41) is 3.65. The van der Waals surface area contributed by atoms with Crippen molar-refractivity contribution in [2.75, 3.05) is 32.6 Å². The van der Waals surface area contributed by atoms with Crippen molar-refractivity contribution in [1.29, 1.82) is 0 Å². The van der Waals surface area contributed by atoms with E-state index in [1.165, 1.54) is 12.1 Å². The highest BCUT2D eigenvalue weighted by Crippen LogP contribution is 2.15. The fourth-order valence-electron chi connectivity index (χ4n) is 1.45. The zero-order chi connectivity index (χ0) is 13.4. The van der Waals surface area contributed by atoms with Crippen LogP contribution in [0, 0.1) is 0 Å². The Bertz CT molecular complexity index is 445. The van der Waals surface area contributed by atoms with E-state index in [4.69, 9.17) is 16.3 Å². The zero-order valence-corrected chi connectivity index (χ0v) is 11.9. The lowest BCUT2D eigenvalue weighted by Crippen LogP contribution is -2.22. The standard InChI is InChI=1S/C12H18ClNO3S/c1-17-9-8-14-7-2-10-18(15,16)12-5-3-11(13)4-6-12/h3-6,14H,2,7-10H2,1H3. The first-order chi connectivity index (χ1) is 8.56. The SMILES string of the molecule is COCCNCCCS(=O)(=O)c1ccc(Cl)cc1. The van der Waals surface area contributed by atoms with Gasteiger partial charge in [0.25, 0.3) is 0 Å². The maximum absolute atomic E-state index is 11.9. The molecule has 0 aliphatic heterocycles. The molecule has 102 valence electrons. The van der Waals surface area contributed by atoms with Gasteiger partial charge in [-0.1, -0.05) is 11.6 Å². The van der Waals surface area contributed by atoms with Gasteiger partial charge < -0.3 is 10.1 Å². The number of hydrogen-bond acceptors (Lipinski definition) is 4. The number of rotatable bonds is 8. The van der Waals surface area contributed by atoms with E-state index in [0.29, 0.717) is 29.5 Å². The van der Waals surface area contributed by atoms with Gasteiger partial charge in [0.2, 0.25) is 0 Å². The molecule has 0 unspecified atom stereocenters. The van der Waals surface area contributed by atoms with Gasteiger partial charge in [0.05, 0.1) is 17.3 Å². The van der Waals surface area contributed by atoms with Crippen LogP contribution in [0.2, 0.25) is 5.02 Å². The minimum atomic E-state index is -3.20. The molecule has 6 heteroatoms. The number of hydrogen-bond donors (Lipinski definition) is 1. The minimum absolute atomic E-state index is 0.134. The Morgan fingerprint density at radius 3 is 2.50 bits per heavy atom. The maximum atomic E-state index is 11.9. The Kier molecular flexibility index (Phi) is 6.63. The number of benzene rings is 1. The Morgan fingerprint density at radius 1 is 1.22 bits per heavy atom. The van der Waals surface area contributed by atoms with Gasteiger partial charge in [0.1, 0.15) is 0 Å². The number of ether oxygens (including phenoxy) is 1. The minimum Gasteiger partial charge on any atom is -0.383 e. The highest BCUT2D eigenvalue weighted by Gasteiger charge is 2.13. The topological polar surface area (TPSA) is 55.4 Å². The van der Waals surface area contributed by atoms with Crippen LogP contribution in [0.3, 0.4) is 0 Å². The molecule has 0 spiro atoms. The fourth-order valence-corrected chi connectivity index (χ4v) is 2.88. The molecular formula is C12H18ClNO3S. The highest BCUT2D eigenvalue weighted by atomic mass is 35.5. The smallest absolute Gasteiger partial charge is 0.178 e. The highest BCUT2D eigenvalue weighted by molar-refractivity contribution is 7.91. The van der Waals surface area contributed by atoms with E-state index >= 15 is 0 Å². The van der Waals surface area contributed by atoms with Gasteiger partial charge in [-0.05, 0) is 37.2 Å². The van der Waals surface area contributed by atoms with Crippen LogP contribution in [0.15, 0.2) is 29.2 Å². The van der Waals surface area contributed by atoms with Crippen LogP contribution in [0.4, 0.5) is 0 Å². The van der Waals surface area contributed by atoms with Gasteiger partial charge in [-0.3, -0.25) is 0 Å². The molecule has 1 aromatic carbocycles. The average molecular weight is 292 g/mol. The Balaban J connectivity index is 2.38. The Hall–Kier alpha value is -0.620. The molecule has 1 rings (SSSR count). The van der Waals surface area contributed by atoms with Crippen molar-refractivity contribution < 1.29 is 13.2 Å². The quantitative estimate of drug-likeness (QED) is 0.741. The lowest BCUT2D eigenvalue weighted by atomic mass is 10.4. The van der Waals surface area contributed by atoms with E-state index in [0.717, 1.165) is 6.54 Å². The number of nitrogens with one attached hydrogen (secondary N) is 1. The van der Waals surface area contributed by atoms with Gasteiger partial charge in [0, 0.05) is 18.7 Å². The van der Waals surface area contributed by atoms with Gasteiger partial charge >= 0.3 is 0 Å². The maximum Gasteiger partial charge on any atom is 0.178 e. The summed E-state index contributed by atoms with van der Waals surface area (Å²) < 4.78 is 28.8. The largest absolute Gasteiger partial charge is 0.383 e. The Morgan fingerprint density at radius 2 is 1.89 bits per heavy atom. The molecule has 0 aliphatic carbocycles. The van der Waals surface area contributed by atoms with E-state index in [-0.39, 0.29) is 5.75 Å². The van der Waals surface area contributed by atoms with Crippen LogP contribution < -0.4 is 5.32 Å². The molecule has 0 heterocycles. The molecule has 18 heavy (non-hydrogen) atoms. The second kappa shape index (κ2) is 7.74. The van der Waals surface area contributed by atoms with E-state index in [1.54, 1.807) is 19.2 Å². The lowest BCUT2D eigenvalue weighted by Gasteiger charge is -2.06. The molecule has 0 atom stereocenters. The van der Waals surface area contributed by atoms with Crippen molar-refractivity contribution in [1.82, 2.24) is 5.32 Å². The van der Waals surface area contributed by atoms with Crippen LogP contribution in [-0.4, -0.2) is 41.0 Å². The van der Waals surface area contributed by atoms with E-state index in [9.17, 15) is 8.42 Å². The normalized spacial score (nSPS) is 11.7. The molecule has 1 aromatic rings. The molecule has 0 amide bonds. The summed E-state index contributed by atoms with van der Waals surface area (Å²) in [6.45, 7) is 2.03. The summed E-state index contributed by atoms with van der Waals surface area (Å²) in [4.78, 5) is 0.323. The van der Waals surface area contributed by atoms with E-state index < -0.39 is 9.84 Å². The third-order valence-corrected chi connectivity index (χ3v) is 4.49. The number of sulfone groups is 1. The summed E-state index contributed by atoms with van der Waals surface area (Å²) >= 11 is 5.72. The van der Waals surface area contributed by atoms with Crippen molar-refractivity contribution in [2.45, 2.75) is 11.3 Å². The van der Waals surface area contributed by atoms with Crippen LogP contribution >= 0.6 is 11.6 Å². The van der Waals surface area contributed by atoms with Crippen molar-refractivity contribution >= 4 is 21.4 Å². The molecule has 4 nitrogen and oxygen atoms in total. The van der Waals surface area contributed by atoms with Crippen LogP contribution in [0.25, 0.3) is 0 Å². The first-order valence-electron chi connectivity index (χ1n) is 5.74. The molecule has 0 saturated carbocycles. The molecule has 0 aromatic heterocycles. The third-order valence-electron chi connectivity index (χ3n) is 2.42. The van der Waals surface area contributed by atoms with Crippen molar-refractivity contribution in [2.24, 2.45) is 0 Å². The van der Waals surface area contributed by atoms with Crippen LogP contribution in [0.5, 0.6) is 0 Å². The van der Waals surface area contributed by atoms with Gasteiger partial charge in [-0.25, -0.2) is 8.42 Å². The summed E-state index contributed by atoms with van der Waals surface area (Å²) in [7, 11) is -1.57. The average Bonchev–Trinajstić information content (AvgIpc) is 2.34. The lowest BCUT2D eigenvalue weighted by molar-refractivity contribution is 0.199. The number of halogens is 1. The van der Waals surface area contributed by atoms with Crippen LogP contribution in [-0.2, 0) is 14.6 Å². The first-order valence-corrected chi connectivity index (χ1v) is 7.77. The van der Waals surface area contributed by atoms with Crippen LogP contribution in [0.1, 0.15) is 6.42 Å². The van der Waals surface area contributed by atoms with E-state index in [1.807, 2.05) is 0 Å². The summed E-state index contributed by atoms with van der Waals surface area (Å²) in [6, 6.07) is 6.25. The Labute approximate surface area is 113 Å². The predicted octanol–water partition coefficient (Wildman–Crippen LogP) is 1.74. The van der Waals surface area contributed by atoms with Crippen molar-refractivity contribution in [3.63, 3.8) is 0 Å². The molecule has 0 radical (unpaired) electrons. The molecule has 0 aliphatic rings. The number of methoxy groups -OCH3 is 1. The van der Waals surface area contributed by atoms with Gasteiger partial charge in [0.15, 0.2) is 9.84 Å². The second-order valence-electron chi connectivity index (χ2n) is 3.87. The summed E-state index contributed by atoms with van der Waals surface area (Å²) in [5.41, 5.74) is 0. The third kappa shape index (κ3) is 5.35. The fraction of sp³-hybridized carbons (Fsp3) is 0.500. The van der Waals surface area contributed by atoms with Crippen molar-refractivity contribution in [3.8, 4) is 0 Å². The molecule has 0 fully saturated rings. The zero-order valence-electron chi connectivity index (χ0n) is 10.4.